The second-order valence-electron chi connectivity index (χ2n) is 6.86. The van der Waals surface area contributed by atoms with E-state index < -0.39 is 0 Å². The molecule has 0 fully saturated rings. The minimum atomic E-state index is -0.356. The van der Waals surface area contributed by atoms with E-state index in [1.165, 1.54) is 18.7 Å². The Kier molecular flexibility index (Phi) is 5.35. The number of nitrogens with one attached hydrogen (secondary N) is 2. The van der Waals surface area contributed by atoms with Crippen LogP contribution in [0.3, 0.4) is 0 Å². The number of hydrogen-bond acceptors (Lipinski definition) is 6. The predicted molar refractivity (Wildman–Crippen MR) is 118 cm³/mol. The number of hydrogen-bond donors (Lipinski definition) is 2. The quantitative estimate of drug-likeness (QED) is 0.798. The van der Waals surface area contributed by atoms with Gasteiger partial charge in [-0.3, -0.25) is 9.59 Å². The van der Waals surface area contributed by atoms with Gasteiger partial charge in [-0.15, -0.1) is 0 Å². The van der Waals surface area contributed by atoms with Crippen molar-refractivity contribution in [1.29, 1.82) is 0 Å². The molecule has 0 unspecified atom stereocenters. The monoisotopic (exact) mass is 407 g/mol. The Morgan fingerprint density at radius 3 is 2.52 bits per heavy atom. The Morgan fingerprint density at radius 1 is 1.10 bits per heavy atom. The summed E-state index contributed by atoms with van der Waals surface area (Å²) >= 11 is 1.39. The minimum absolute atomic E-state index is 0.122. The Balaban J connectivity index is 1.44. The molecule has 2 amide bonds. The zero-order chi connectivity index (χ0) is 20.4. The normalized spacial score (nSPS) is 17.8. The molecule has 0 aromatic heterocycles. The van der Waals surface area contributed by atoms with Crippen molar-refractivity contribution < 1.29 is 9.59 Å². The second kappa shape index (κ2) is 8.08. The number of hydrazone groups is 1. The van der Waals surface area contributed by atoms with Crippen LogP contribution < -0.4 is 10.6 Å². The molecule has 148 valence electrons. The van der Waals surface area contributed by atoms with E-state index >= 15 is 0 Å². The van der Waals surface area contributed by atoms with Crippen LogP contribution in [0.15, 0.2) is 58.6 Å². The van der Waals surface area contributed by atoms with Gasteiger partial charge in [-0.05, 0) is 37.3 Å². The Morgan fingerprint density at radius 2 is 1.79 bits per heavy atom. The van der Waals surface area contributed by atoms with E-state index in [9.17, 15) is 9.59 Å². The molecule has 2 aliphatic heterocycles. The first-order valence-electron chi connectivity index (χ1n) is 9.36. The highest BCUT2D eigenvalue weighted by Crippen LogP contribution is 2.41. The highest BCUT2D eigenvalue weighted by Gasteiger charge is 2.34. The molecule has 2 heterocycles. The van der Waals surface area contributed by atoms with Gasteiger partial charge in [-0.1, -0.05) is 30.0 Å². The van der Waals surface area contributed by atoms with Crippen LogP contribution in [0.4, 0.5) is 17.1 Å². The number of anilines is 2. The van der Waals surface area contributed by atoms with Crippen molar-refractivity contribution in [2.45, 2.75) is 31.6 Å². The van der Waals surface area contributed by atoms with E-state index in [0.29, 0.717) is 11.4 Å². The standard InChI is InChI=1S/C21H21N5O2S/c1-13(20(28)24-16-9-7-15(8-10-16)23-14(2)27)29-21-25-18-6-4-3-5-17(18)19-11-12-22-26(19)21/h3-10,12-13,19H,11H2,1-2H3,(H,23,27)(H,24,28)/t13-,19+/m0/s1. The van der Waals surface area contributed by atoms with Crippen molar-refractivity contribution in [3.8, 4) is 0 Å². The first-order valence-corrected chi connectivity index (χ1v) is 10.2. The summed E-state index contributed by atoms with van der Waals surface area (Å²) in [6, 6.07) is 15.2. The Hall–Kier alpha value is -3.13. The maximum atomic E-state index is 12.7. The lowest BCUT2D eigenvalue weighted by molar-refractivity contribution is -0.115. The molecule has 0 bridgehead atoms. The van der Waals surface area contributed by atoms with Crippen molar-refractivity contribution in [2.75, 3.05) is 10.6 Å². The van der Waals surface area contributed by atoms with Gasteiger partial charge in [0.15, 0.2) is 5.17 Å². The van der Waals surface area contributed by atoms with Gasteiger partial charge in [0.25, 0.3) is 0 Å². The largest absolute Gasteiger partial charge is 0.326 e. The van der Waals surface area contributed by atoms with E-state index in [0.717, 1.165) is 22.8 Å². The third kappa shape index (κ3) is 4.17. The van der Waals surface area contributed by atoms with Gasteiger partial charge in [0, 0.05) is 36.5 Å². The topological polar surface area (TPSA) is 86.2 Å². The number of amides is 2. The fraction of sp³-hybridized carbons (Fsp3) is 0.238. The first-order chi connectivity index (χ1) is 14.0. The van der Waals surface area contributed by atoms with Crippen LogP contribution in [-0.4, -0.2) is 33.5 Å². The zero-order valence-electron chi connectivity index (χ0n) is 16.1. The highest BCUT2D eigenvalue weighted by atomic mass is 32.2. The number of aliphatic imine (C=N–C) groups is 1. The number of carbonyl (C=O) groups is 2. The summed E-state index contributed by atoms with van der Waals surface area (Å²) in [5, 5.41) is 12.3. The Bertz CT molecular complexity index is 1000. The summed E-state index contributed by atoms with van der Waals surface area (Å²) < 4.78 is 0. The first kappa shape index (κ1) is 19.2. The van der Waals surface area contributed by atoms with E-state index in [4.69, 9.17) is 4.99 Å². The molecule has 0 radical (unpaired) electrons. The zero-order valence-corrected chi connectivity index (χ0v) is 16.9. The maximum absolute atomic E-state index is 12.7. The average molecular weight is 407 g/mol. The lowest BCUT2D eigenvalue weighted by Gasteiger charge is -2.30. The molecule has 0 saturated heterocycles. The molecular formula is C21H21N5O2S. The number of rotatable bonds is 4. The molecule has 4 rings (SSSR count). The van der Waals surface area contributed by atoms with Crippen LogP contribution in [0.2, 0.25) is 0 Å². The van der Waals surface area contributed by atoms with Gasteiger partial charge in [0.05, 0.1) is 17.0 Å². The second-order valence-corrected chi connectivity index (χ2v) is 8.16. The van der Waals surface area contributed by atoms with Gasteiger partial charge >= 0.3 is 0 Å². The molecule has 2 atom stereocenters. The fourth-order valence-electron chi connectivity index (χ4n) is 3.26. The molecule has 2 N–H and O–H groups in total. The Labute approximate surface area is 173 Å². The smallest absolute Gasteiger partial charge is 0.237 e. The van der Waals surface area contributed by atoms with Crippen molar-refractivity contribution in [3.05, 3.63) is 54.1 Å². The molecule has 2 aromatic rings. The summed E-state index contributed by atoms with van der Waals surface area (Å²) in [5.74, 6) is -0.256. The lowest BCUT2D eigenvalue weighted by atomic mass is 10.0. The predicted octanol–water partition coefficient (Wildman–Crippen LogP) is 4.14. The fourth-order valence-corrected chi connectivity index (χ4v) is 4.17. The van der Waals surface area contributed by atoms with Crippen molar-refractivity contribution >= 4 is 52.0 Å². The third-order valence-corrected chi connectivity index (χ3v) is 5.72. The molecule has 0 saturated carbocycles. The number of fused-ring (bicyclic) bond motifs is 3. The van der Waals surface area contributed by atoms with Crippen LogP contribution in [0.25, 0.3) is 0 Å². The number of benzene rings is 2. The molecule has 7 nitrogen and oxygen atoms in total. The van der Waals surface area contributed by atoms with Crippen LogP contribution in [-0.2, 0) is 9.59 Å². The minimum Gasteiger partial charge on any atom is -0.326 e. The van der Waals surface area contributed by atoms with Gasteiger partial charge in [-0.25, -0.2) is 10.0 Å². The van der Waals surface area contributed by atoms with E-state index in [1.807, 2.05) is 36.3 Å². The van der Waals surface area contributed by atoms with Crippen LogP contribution in [0, 0.1) is 0 Å². The van der Waals surface area contributed by atoms with E-state index in [-0.39, 0.29) is 23.1 Å². The molecule has 29 heavy (non-hydrogen) atoms. The summed E-state index contributed by atoms with van der Waals surface area (Å²) in [7, 11) is 0. The molecular weight excluding hydrogens is 386 g/mol. The number of nitrogens with zero attached hydrogens (tertiary/aromatic N) is 3. The van der Waals surface area contributed by atoms with Gasteiger partial charge in [0.2, 0.25) is 11.8 Å². The number of amidine groups is 1. The summed E-state index contributed by atoms with van der Waals surface area (Å²) in [6.07, 6.45) is 2.72. The van der Waals surface area contributed by atoms with Crippen LogP contribution in [0.5, 0.6) is 0 Å². The van der Waals surface area contributed by atoms with E-state index in [2.05, 4.69) is 21.8 Å². The van der Waals surface area contributed by atoms with Crippen molar-refractivity contribution in [1.82, 2.24) is 5.01 Å². The van der Waals surface area contributed by atoms with Gasteiger partial charge in [0.1, 0.15) is 0 Å². The summed E-state index contributed by atoms with van der Waals surface area (Å²) in [6.45, 7) is 3.30. The highest BCUT2D eigenvalue weighted by molar-refractivity contribution is 8.14. The van der Waals surface area contributed by atoms with Gasteiger partial charge in [-0.2, -0.15) is 5.10 Å². The van der Waals surface area contributed by atoms with Gasteiger partial charge < -0.3 is 10.6 Å². The van der Waals surface area contributed by atoms with Crippen LogP contribution >= 0.6 is 11.8 Å². The molecule has 0 aliphatic carbocycles. The average Bonchev–Trinajstić information content (AvgIpc) is 3.19. The maximum Gasteiger partial charge on any atom is 0.237 e. The summed E-state index contributed by atoms with van der Waals surface area (Å²) in [4.78, 5) is 28.5. The molecule has 0 spiro atoms. The molecule has 2 aliphatic rings. The number of carbonyl (C=O) groups excluding carboxylic acids is 2. The molecule has 2 aromatic carbocycles. The van der Waals surface area contributed by atoms with Crippen molar-refractivity contribution in [2.24, 2.45) is 10.1 Å². The molecule has 8 heteroatoms. The SMILES string of the molecule is CC(=O)Nc1ccc(NC(=O)[C@H](C)SC2=Nc3ccccc3[C@H]3CC=NN23)cc1. The number of para-hydroxylation sites is 1. The van der Waals surface area contributed by atoms with Crippen LogP contribution in [0.1, 0.15) is 31.9 Å². The van der Waals surface area contributed by atoms with Crippen molar-refractivity contribution in [3.63, 3.8) is 0 Å². The third-order valence-electron chi connectivity index (χ3n) is 4.66. The summed E-state index contributed by atoms with van der Waals surface area (Å²) in [5.41, 5.74) is 3.45. The lowest BCUT2D eigenvalue weighted by Crippen LogP contribution is -2.31. The number of thioether (sulfide) groups is 1. The van der Waals surface area contributed by atoms with E-state index in [1.54, 1.807) is 24.3 Å².